The normalized spacial score (nSPS) is 27.9. The number of aromatic hydroxyl groups is 1. The zero-order chi connectivity index (χ0) is 30.7. The van der Waals surface area contributed by atoms with Crippen molar-refractivity contribution >= 4 is 23.2 Å². The number of primary amides is 1. The molecule has 228 valence electrons. The number of phenolic OH excluding ortho intramolecular Hbond substituents is 1. The van der Waals surface area contributed by atoms with Gasteiger partial charge in [0.25, 0.3) is 5.91 Å². The fraction of sp³-hybridized carbons (Fsp3) is 0.567. The molecular formula is C30H41N5O7. The Hall–Kier alpha value is -3.45. The number of hydrogen-bond donors (Lipinski definition) is 6. The number of carbonyl (C=O) groups excluding carboxylic acids is 2. The maximum Gasteiger partial charge on any atom is 0.254 e. The van der Waals surface area contributed by atoms with E-state index in [2.05, 4.69) is 9.80 Å². The Kier molecular flexibility index (Phi) is 7.86. The Morgan fingerprint density at radius 3 is 2.48 bits per heavy atom. The van der Waals surface area contributed by atoms with E-state index in [1.54, 1.807) is 19.0 Å². The van der Waals surface area contributed by atoms with Crippen LogP contribution in [0.4, 0.5) is 0 Å². The lowest BCUT2D eigenvalue weighted by atomic mass is 9.56. The standard InChI is InChI=1S/C30H41N5O7/c1-33(2)23-18-12-15-11-17-21(24(37)20(15)28(39)30(18,41)27(31)22(25(23)38)29(32)40)19(36)13-16(26(17)42-4)14-34(3)9-10-35-7-5-6-8-35/h13,15,18,23,31,36-38,41H,5-12,14H2,1-4H3,(H2,32,40)/t15-,18-,23-,30+/m0/s1. The average molecular weight is 584 g/mol. The number of carbonyl (C=O) groups is 2. The number of benzene rings is 1. The molecule has 12 nitrogen and oxygen atoms in total. The summed E-state index contributed by atoms with van der Waals surface area (Å²) in [6, 6.07) is 0.550. The minimum Gasteiger partial charge on any atom is -0.510 e. The maximum absolute atomic E-state index is 14.0. The number of aliphatic hydroxyl groups excluding tert-OH is 2. The molecule has 1 saturated carbocycles. The quantitative estimate of drug-likeness (QED) is 0.258. The molecule has 1 heterocycles. The first-order valence-electron chi connectivity index (χ1n) is 14.3. The molecule has 1 aliphatic heterocycles. The minimum atomic E-state index is -2.51. The first-order chi connectivity index (χ1) is 19.8. The topological polar surface area (TPSA) is 184 Å². The van der Waals surface area contributed by atoms with Gasteiger partial charge in [-0.25, -0.2) is 0 Å². The van der Waals surface area contributed by atoms with Gasteiger partial charge in [-0.1, -0.05) is 0 Å². The molecule has 1 aromatic rings. The number of phenols is 1. The molecular weight excluding hydrogens is 542 g/mol. The molecule has 0 unspecified atom stereocenters. The van der Waals surface area contributed by atoms with E-state index in [1.807, 2.05) is 7.05 Å². The van der Waals surface area contributed by atoms with Gasteiger partial charge in [0.1, 0.15) is 28.6 Å². The fourth-order valence-corrected chi connectivity index (χ4v) is 7.47. The van der Waals surface area contributed by atoms with Crippen molar-refractivity contribution in [3.05, 3.63) is 39.7 Å². The zero-order valence-corrected chi connectivity index (χ0v) is 24.6. The third-order valence-electron chi connectivity index (χ3n) is 9.44. The van der Waals surface area contributed by atoms with Crippen LogP contribution in [-0.2, 0) is 22.6 Å². The highest BCUT2D eigenvalue weighted by molar-refractivity contribution is 6.33. The summed E-state index contributed by atoms with van der Waals surface area (Å²) in [5.74, 6) is -4.37. The number of amides is 1. The highest BCUT2D eigenvalue weighted by Crippen LogP contribution is 2.53. The van der Waals surface area contributed by atoms with Crippen LogP contribution in [0.3, 0.4) is 0 Å². The molecule has 1 saturated heterocycles. The average Bonchev–Trinajstić information content (AvgIpc) is 3.43. The number of rotatable bonds is 8. The van der Waals surface area contributed by atoms with Crippen LogP contribution in [0.1, 0.15) is 36.0 Å². The zero-order valence-electron chi connectivity index (χ0n) is 24.6. The monoisotopic (exact) mass is 583 g/mol. The number of Topliss-reactive ketones (excluding diaryl/α,β-unsaturated/α-hetero) is 1. The molecule has 5 rings (SSSR count). The van der Waals surface area contributed by atoms with Gasteiger partial charge in [0.15, 0.2) is 5.60 Å². The van der Waals surface area contributed by atoms with Crippen molar-refractivity contribution in [1.82, 2.24) is 14.7 Å². The smallest absolute Gasteiger partial charge is 0.254 e. The molecule has 4 aliphatic rings. The number of nitrogens with two attached hydrogens (primary N) is 1. The Morgan fingerprint density at radius 1 is 1.21 bits per heavy atom. The summed E-state index contributed by atoms with van der Waals surface area (Å²) < 4.78 is 5.84. The number of likely N-dealkylation sites (N-methyl/N-ethyl adjacent to an activating group) is 2. The predicted octanol–water partition coefficient (Wildman–Crippen LogP) is 0.951. The van der Waals surface area contributed by atoms with E-state index < -0.39 is 58.0 Å². The van der Waals surface area contributed by atoms with Crippen molar-refractivity contribution in [1.29, 1.82) is 5.41 Å². The van der Waals surface area contributed by atoms with Crippen molar-refractivity contribution in [3.63, 3.8) is 0 Å². The van der Waals surface area contributed by atoms with E-state index in [9.17, 15) is 30.0 Å². The SMILES string of the molecule is COc1c(CN(C)CCN2CCCC2)cc(O)c2c1C[C@H]1C[C@H]3[C@H](N(C)C)C(O)=C(C(N)=O)C(=N)[C@@]3(O)C(=O)C1=C2O. The van der Waals surface area contributed by atoms with Crippen molar-refractivity contribution < 1.29 is 34.8 Å². The summed E-state index contributed by atoms with van der Waals surface area (Å²) in [5, 5.41) is 54.0. The summed E-state index contributed by atoms with van der Waals surface area (Å²) in [6.07, 6.45) is 2.76. The largest absolute Gasteiger partial charge is 0.510 e. The highest BCUT2D eigenvalue weighted by atomic mass is 16.5. The van der Waals surface area contributed by atoms with Gasteiger partial charge in [-0.05, 0) is 71.9 Å². The number of ketones is 1. The van der Waals surface area contributed by atoms with E-state index in [-0.39, 0.29) is 29.7 Å². The fourth-order valence-electron chi connectivity index (χ4n) is 7.47. The van der Waals surface area contributed by atoms with Crippen molar-refractivity contribution in [2.75, 3.05) is 54.4 Å². The van der Waals surface area contributed by atoms with Crippen LogP contribution in [0.2, 0.25) is 0 Å². The van der Waals surface area contributed by atoms with Gasteiger partial charge >= 0.3 is 0 Å². The number of nitrogens with zero attached hydrogens (tertiary/aromatic N) is 3. The first kappa shape index (κ1) is 30.0. The molecule has 12 heteroatoms. The predicted molar refractivity (Wildman–Crippen MR) is 156 cm³/mol. The third kappa shape index (κ3) is 4.57. The van der Waals surface area contributed by atoms with E-state index >= 15 is 0 Å². The van der Waals surface area contributed by atoms with E-state index in [1.165, 1.54) is 26.0 Å². The van der Waals surface area contributed by atoms with Gasteiger partial charge in [0, 0.05) is 42.3 Å². The maximum atomic E-state index is 14.0. The summed E-state index contributed by atoms with van der Waals surface area (Å²) in [7, 11) is 6.79. The number of hydrogen-bond acceptors (Lipinski definition) is 11. The van der Waals surface area contributed by atoms with E-state index in [0.29, 0.717) is 17.9 Å². The number of ether oxygens (including phenoxy) is 1. The number of fused-ring (bicyclic) bond motifs is 3. The molecule has 42 heavy (non-hydrogen) atoms. The van der Waals surface area contributed by atoms with Gasteiger partial charge in [0.2, 0.25) is 5.78 Å². The van der Waals surface area contributed by atoms with Gasteiger partial charge in [-0.3, -0.25) is 14.5 Å². The van der Waals surface area contributed by atoms with Gasteiger partial charge in [-0.15, -0.1) is 0 Å². The van der Waals surface area contributed by atoms with Crippen LogP contribution in [0.25, 0.3) is 5.76 Å². The molecule has 7 N–H and O–H groups in total. The molecule has 0 aromatic heterocycles. The Balaban J connectivity index is 1.55. The third-order valence-corrected chi connectivity index (χ3v) is 9.44. The second-order valence-corrected chi connectivity index (χ2v) is 12.2. The van der Waals surface area contributed by atoms with Crippen LogP contribution in [0, 0.1) is 17.2 Å². The Bertz CT molecular complexity index is 1400. The molecule has 0 bridgehead atoms. The first-order valence-corrected chi connectivity index (χ1v) is 14.3. The van der Waals surface area contributed by atoms with Crippen LogP contribution in [-0.4, -0.2) is 119 Å². The number of nitrogens with one attached hydrogen (secondary N) is 1. The Morgan fingerprint density at radius 2 is 1.88 bits per heavy atom. The van der Waals surface area contributed by atoms with Crippen molar-refractivity contribution in [2.45, 2.75) is 43.9 Å². The number of aliphatic hydroxyl groups is 3. The molecule has 1 amide bonds. The molecule has 0 spiro atoms. The van der Waals surface area contributed by atoms with Crippen molar-refractivity contribution in [2.24, 2.45) is 17.6 Å². The second kappa shape index (κ2) is 11.0. The number of methoxy groups -OCH3 is 1. The molecule has 0 radical (unpaired) electrons. The van der Waals surface area contributed by atoms with Crippen LogP contribution >= 0.6 is 0 Å². The lowest BCUT2D eigenvalue weighted by Crippen LogP contribution is -2.67. The van der Waals surface area contributed by atoms with Crippen molar-refractivity contribution in [3.8, 4) is 11.5 Å². The Labute approximate surface area is 245 Å². The van der Waals surface area contributed by atoms with Gasteiger partial charge < -0.3 is 46.1 Å². The van der Waals surface area contributed by atoms with Gasteiger partial charge in [0.05, 0.1) is 24.4 Å². The summed E-state index contributed by atoms with van der Waals surface area (Å²) >= 11 is 0. The van der Waals surface area contributed by atoms with E-state index in [0.717, 1.165) is 31.7 Å². The minimum absolute atomic E-state index is 0.0528. The summed E-state index contributed by atoms with van der Waals surface area (Å²) in [4.78, 5) is 32.4. The molecule has 3 aliphatic carbocycles. The van der Waals surface area contributed by atoms with Crippen LogP contribution in [0.15, 0.2) is 23.0 Å². The lowest BCUT2D eigenvalue weighted by Gasteiger charge is -2.51. The molecule has 4 atom stereocenters. The molecule has 1 aromatic carbocycles. The summed E-state index contributed by atoms with van der Waals surface area (Å²) in [5.41, 5.74) is 2.76. The van der Waals surface area contributed by atoms with Gasteiger partial charge in [-0.2, -0.15) is 0 Å². The van der Waals surface area contributed by atoms with Crippen LogP contribution < -0.4 is 10.5 Å². The summed E-state index contributed by atoms with van der Waals surface area (Å²) in [6.45, 7) is 4.47. The second-order valence-electron chi connectivity index (χ2n) is 12.2. The highest BCUT2D eigenvalue weighted by Gasteiger charge is 2.63. The lowest BCUT2D eigenvalue weighted by molar-refractivity contribution is -0.138. The van der Waals surface area contributed by atoms with Crippen LogP contribution in [0.5, 0.6) is 11.5 Å². The van der Waals surface area contributed by atoms with E-state index in [4.69, 9.17) is 15.9 Å². The molecule has 2 fully saturated rings. The number of likely N-dealkylation sites (tertiary alicyclic amines) is 1.